The van der Waals surface area contributed by atoms with Crippen LogP contribution in [0.4, 0.5) is 5.69 Å². The molecule has 1 aromatic carbocycles. The van der Waals surface area contributed by atoms with Gasteiger partial charge in [-0.3, -0.25) is 14.9 Å². The summed E-state index contributed by atoms with van der Waals surface area (Å²) in [6.07, 6.45) is 2.94. The Labute approximate surface area is 152 Å². The standard InChI is InChI=1S/C18H17N3O4S/c1-9-3-5-11-14(7-9)26-18-15(11)17(22)19-16(20-18)10-4-6-13(25-2)12(8-10)21(23)24/h4,6,8-9H,3,5,7H2,1-2H3,(H,19,20,22)/t9-/m1/s1. The van der Waals surface area contributed by atoms with Gasteiger partial charge in [-0.2, -0.15) is 0 Å². The molecule has 0 aliphatic heterocycles. The van der Waals surface area contributed by atoms with Crippen LogP contribution in [-0.2, 0) is 12.8 Å². The Bertz CT molecular complexity index is 1090. The van der Waals surface area contributed by atoms with Gasteiger partial charge in [0.05, 0.1) is 17.4 Å². The van der Waals surface area contributed by atoms with Gasteiger partial charge in [-0.05, 0) is 42.9 Å². The van der Waals surface area contributed by atoms with Crippen molar-refractivity contribution in [3.8, 4) is 17.1 Å². The summed E-state index contributed by atoms with van der Waals surface area (Å²) in [7, 11) is 1.38. The van der Waals surface area contributed by atoms with Crippen molar-refractivity contribution in [3.63, 3.8) is 0 Å². The second-order valence-electron chi connectivity index (χ2n) is 6.59. The summed E-state index contributed by atoms with van der Waals surface area (Å²) < 4.78 is 5.02. The maximum atomic E-state index is 12.7. The molecule has 0 bridgehead atoms. The Morgan fingerprint density at radius 1 is 1.42 bits per heavy atom. The summed E-state index contributed by atoms with van der Waals surface area (Å²) in [5.41, 5.74) is 1.25. The summed E-state index contributed by atoms with van der Waals surface area (Å²) in [4.78, 5) is 32.7. The highest BCUT2D eigenvalue weighted by molar-refractivity contribution is 7.18. The molecule has 0 saturated heterocycles. The zero-order chi connectivity index (χ0) is 18.4. The smallest absolute Gasteiger partial charge is 0.311 e. The molecule has 4 rings (SSSR count). The molecule has 0 unspecified atom stereocenters. The first-order valence-corrected chi connectivity index (χ1v) is 9.17. The normalized spacial score (nSPS) is 16.5. The van der Waals surface area contributed by atoms with E-state index in [1.54, 1.807) is 17.4 Å². The lowest BCUT2D eigenvalue weighted by Gasteiger charge is -2.17. The molecule has 0 radical (unpaired) electrons. The number of H-pyrrole nitrogens is 1. The van der Waals surface area contributed by atoms with Gasteiger partial charge in [-0.1, -0.05) is 6.92 Å². The van der Waals surface area contributed by atoms with Crippen LogP contribution >= 0.6 is 11.3 Å². The number of nitro benzene ring substituents is 1. The van der Waals surface area contributed by atoms with Gasteiger partial charge in [0.2, 0.25) is 0 Å². The van der Waals surface area contributed by atoms with Crippen LogP contribution in [0.5, 0.6) is 5.75 Å². The maximum absolute atomic E-state index is 12.7. The highest BCUT2D eigenvalue weighted by Gasteiger charge is 2.24. The minimum absolute atomic E-state index is 0.160. The van der Waals surface area contributed by atoms with Crippen LogP contribution in [0.15, 0.2) is 23.0 Å². The third-order valence-electron chi connectivity index (χ3n) is 4.81. The Balaban J connectivity index is 1.87. The van der Waals surface area contributed by atoms with E-state index in [-0.39, 0.29) is 17.0 Å². The maximum Gasteiger partial charge on any atom is 0.311 e. The van der Waals surface area contributed by atoms with Crippen molar-refractivity contribution in [1.29, 1.82) is 0 Å². The Morgan fingerprint density at radius 2 is 2.23 bits per heavy atom. The van der Waals surface area contributed by atoms with Crippen molar-refractivity contribution in [1.82, 2.24) is 9.97 Å². The van der Waals surface area contributed by atoms with Gasteiger partial charge >= 0.3 is 5.69 Å². The van der Waals surface area contributed by atoms with Crippen molar-refractivity contribution < 1.29 is 9.66 Å². The fraction of sp³-hybridized carbons (Fsp3) is 0.333. The first kappa shape index (κ1) is 16.7. The lowest BCUT2D eigenvalue weighted by Crippen LogP contribution is -2.13. The van der Waals surface area contributed by atoms with Gasteiger partial charge < -0.3 is 9.72 Å². The number of hydrogen-bond acceptors (Lipinski definition) is 6. The number of aromatic nitrogens is 2. The highest BCUT2D eigenvalue weighted by atomic mass is 32.1. The fourth-order valence-corrected chi connectivity index (χ4v) is 4.85. The van der Waals surface area contributed by atoms with E-state index in [0.717, 1.165) is 24.8 Å². The van der Waals surface area contributed by atoms with E-state index in [1.165, 1.54) is 24.1 Å². The van der Waals surface area contributed by atoms with Crippen LogP contribution in [0.3, 0.4) is 0 Å². The van der Waals surface area contributed by atoms with Crippen molar-refractivity contribution in [2.24, 2.45) is 5.92 Å². The van der Waals surface area contributed by atoms with Gasteiger partial charge in [-0.25, -0.2) is 4.98 Å². The second kappa shape index (κ2) is 6.21. The Morgan fingerprint density at radius 3 is 2.96 bits per heavy atom. The van der Waals surface area contributed by atoms with Gasteiger partial charge in [0.15, 0.2) is 5.75 Å². The first-order chi connectivity index (χ1) is 12.5. The summed E-state index contributed by atoms with van der Waals surface area (Å²) >= 11 is 1.55. The average molecular weight is 371 g/mol. The van der Waals surface area contributed by atoms with E-state index >= 15 is 0 Å². The minimum Gasteiger partial charge on any atom is -0.490 e. The number of ether oxygens (including phenoxy) is 1. The fourth-order valence-electron chi connectivity index (χ4n) is 3.47. The number of fused-ring (bicyclic) bond motifs is 3. The number of nitrogens with zero attached hydrogens (tertiary/aromatic N) is 2. The summed E-state index contributed by atoms with van der Waals surface area (Å²) in [6.45, 7) is 2.22. The van der Waals surface area contributed by atoms with E-state index in [4.69, 9.17) is 4.74 Å². The molecule has 2 heterocycles. The molecule has 3 aromatic rings. The lowest BCUT2D eigenvalue weighted by atomic mass is 9.89. The topological polar surface area (TPSA) is 98.1 Å². The van der Waals surface area contributed by atoms with Gasteiger partial charge in [0.1, 0.15) is 10.7 Å². The predicted octanol–water partition coefficient (Wildman–Crippen LogP) is 3.69. The van der Waals surface area contributed by atoms with Gasteiger partial charge in [0, 0.05) is 16.5 Å². The monoisotopic (exact) mass is 371 g/mol. The largest absolute Gasteiger partial charge is 0.490 e. The molecular weight excluding hydrogens is 354 g/mol. The second-order valence-corrected chi connectivity index (χ2v) is 7.67. The minimum atomic E-state index is -0.510. The summed E-state index contributed by atoms with van der Waals surface area (Å²) in [5.74, 6) is 1.11. The van der Waals surface area contributed by atoms with Crippen LogP contribution in [-0.4, -0.2) is 22.0 Å². The molecule has 8 heteroatoms. The first-order valence-electron chi connectivity index (χ1n) is 8.35. The van der Waals surface area contributed by atoms with Crippen molar-refractivity contribution in [3.05, 3.63) is 49.1 Å². The molecular formula is C18H17N3O4S. The molecule has 7 nitrogen and oxygen atoms in total. The molecule has 26 heavy (non-hydrogen) atoms. The predicted molar refractivity (Wildman–Crippen MR) is 100 cm³/mol. The number of rotatable bonds is 3. The van der Waals surface area contributed by atoms with E-state index in [1.807, 2.05) is 0 Å². The lowest BCUT2D eigenvalue weighted by molar-refractivity contribution is -0.385. The molecule has 0 spiro atoms. The van der Waals surface area contributed by atoms with E-state index in [0.29, 0.717) is 27.5 Å². The molecule has 1 N–H and O–H groups in total. The molecule has 0 saturated carbocycles. The number of aryl methyl sites for hydroxylation is 1. The van der Waals surface area contributed by atoms with Crippen molar-refractivity contribution >= 4 is 27.2 Å². The zero-order valence-corrected chi connectivity index (χ0v) is 15.2. The van der Waals surface area contributed by atoms with E-state index < -0.39 is 4.92 Å². The Kier molecular flexibility index (Phi) is 3.99. The highest BCUT2D eigenvalue weighted by Crippen LogP contribution is 2.37. The van der Waals surface area contributed by atoms with Crippen molar-refractivity contribution in [2.75, 3.05) is 7.11 Å². The van der Waals surface area contributed by atoms with Crippen LogP contribution in [0, 0.1) is 16.0 Å². The van der Waals surface area contributed by atoms with Crippen molar-refractivity contribution in [2.45, 2.75) is 26.2 Å². The summed E-state index contributed by atoms with van der Waals surface area (Å²) in [5, 5.41) is 11.9. The molecule has 2 aromatic heterocycles. The van der Waals surface area contributed by atoms with Crippen LogP contribution in [0.1, 0.15) is 23.8 Å². The quantitative estimate of drug-likeness (QED) is 0.559. The number of methoxy groups -OCH3 is 1. The third kappa shape index (κ3) is 2.66. The van der Waals surface area contributed by atoms with E-state index in [2.05, 4.69) is 16.9 Å². The third-order valence-corrected chi connectivity index (χ3v) is 5.96. The number of nitro groups is 1. The number of thiophene rings is 1. The molecule has 134 valence electrons. The molecule has 1 aliphatic rings. The average Bonchev–Trinajstić information content (AvgIpc) is 2.98. The summed E-state index contributed by atoms with van der Waals surface area (Å²) in [6, 6.07) is 4.54. The van der Waals surface area contributed by atoms with Gasteiger partial charge in [0.25, 0.3) is 5.56 Å². The van der Waals surface area contributed by atoms with Gasteiger partial charge in [-0.15, -0.1) is 11.3 Å². The van der Waals surface area contributed by atoms with E-state index in [9.17, 15) is 14.9 Å². The van der Waals surface area contributed by atoms with Crippen LogP contribution < -0.4 is 10.3 Å². The number of aromatic amines is 1. The molecule has 1 atom stereocenters. The Hall–Kier alpha value is -2.74. The SMILES string of the molecule is COc1ccc(-c2nc3sc4c(c3c(=O)[nH]2)CC[C@@H](C)C4)cc1[N+](=O)[O-]. The van der Waals surface area contributed by atoms with Crippen LogP contribution in [0.25, 0.3) is 21.6 Å². The number of hydrogen-bond donors (Lipinski definition) is 1. The number of benzene rings is 1. The molecule has 1 aliphatic carbocycles. The number of nitrogens with one attached hydrogen (secondary N) is 1. The zero-order valence-electron chi connectivity index (χ0n) is 14.4. The molecule has 0 fully saturated rings. The van der Waals surface area contributed by atoms with Crippen LogP contribution in [0.2, 0.25) is 0 Å². The molecule has 0 amide bonds.